The Morgan fingerprint density at radius 2 is 0.974 bits per heavy atom. The van der Waals surface area contributed by atoms with E-state index in [0.29, 0.717) is 21.8 Å². The predicted molar refractivity (Wildman–Crippen MR) is 139 cm³/mol. The zero-order valence-corrected chi connectivity index (χ0v) is 21.7. The van der Waals surface area contributed by atoms with Gasteiger partial charge in [0.05, 0.1) is 14.2 Å². The predicted octanol–water partition coefficient (Wildman–Crippen LogP) is 4.34. The molecule has 0 saturated heterocycles. The van der Waals surface area contributed by atoms with E-state index in [1.165, 1.54) is 38.7 Å². The van der Waals surface area contributed by atoms with Crippen molar-refractivity contribution in [3.8, 4) is 23.0 Å². The lowest BCUT2D eigenvalue weighted by Crippen LogP contribution is -2.16. The molecule has 0 bridgehead atoms. The topological polar surface area (TPSA) is 131 Å². The third-order valence-electron chi connectivity index (χ3n) is 5.58. The van der Waals surface area contributed by atoms with Gasteiger partial charge in [0.1, 0.15) is 32.3 Å². The number of benzene rings is 3. The van der Waals surface area contributed by atoms with Crippen LogP contribution in [-0.2, 0) is 20.2 Å². The maximum absolute atomic E-state index is 13.4. The van der Waals surface area contributed by atoms with E-state index in [9.17, 15) is 16.8 Å². The number of para-hydroxylation sites is 2. The summed E-state index contributed by atoms with van der Waals surface area (Å²) in [6.45, 7) is 0. The molecule has 0 radical (unpaired) electrons. The highest BCUT2D eigenvalue weighted by molar-refractivity contribution is 7.88. The first-order chi connectivity index (χ1) is 18.2. The second kappa shape index (κ2) is 9.80. The first-order valence-electron chi connectivity index (χ1n) is 11.1. The van der Waals surface area contributed by atoms with E-state index in [4.69, 9.17) is 17.8 Å². The van der Waals surface area contributed by atoms with Crippen LogP contribution in [0.3, 0.4) is 0 Å². The van der Waals surface area contributed by atoms with Gasteiger partial charge in [0.25, 0.3) is 0 Å². The van der Waals surface area contributed by atoms with Crippen molar-refractivity contribution in [3.05, 3.63) is 85.2 Å². The summed E-state index contributed by atoms with van der Waals surface area (Å²) in [6.07, 6.45) is 3.00. The Hall–Kier alpha value is -4.42. The zero-order valence-electron chi connectivity index (χ0n) is 20.1. The van der Waals surface area contributed by atoms with Gasteiger partial charge in [0.2, 0.25) is 0 Å². The smallest absolute Gasteiger partial charge is 0.343 e. The lowest BCUT2D eigenvalue weighted by molar-refractivity contribution is 0.374. The van der Waals surface area contributed by atoms with Gasteiger partial charge in [-0.05, 0) is 30.3 Å². The molecule has 0 aliphatic heterocycles. The van der Waals surface area contributed by atoms with Gasteiger partial charge in [0, 0.05) is 29.2 Å². The molecular formula is C26H20N2O8S2. The fourth-order valence-electron chi connectivity index (χ4n) is 3.85. The summed E-state index contributed by atoms with van der Waals surface area (Å²) in [7, 11) is -6.76. The minimum absolute atomic E-state index is 0.0385. The maximum atomic E-state index is 13.4. The van der Waals surface area contributed by atoms with Crippen molar-refractivity contribution >= 4 is 42.0 Å². The summed E-state index contributed by atoms with van der Waals surface area (Å²) in [5, 5.41) is 1.31. The van der Waals surface area contributed by atoms with Gasteiger partial charge in [-0.25, -0.2) is 0 Å². The second-order valence-electron chi connectivity index (χ2n) is 7.89. The van der Waals surface area contributed by atoms with Gasteiger partial charge < -0.3 is 17.8 Å². The average molecular weight is 553 g/mol. The van der Waals surface area contributed by atoms with Crippen LogP contribution in [0.2, 0.25) is 0 Å². The number of aromatic nitrogens is 2. The summed E-state index contributed by atoms with van der Waals surface area (Å²) in [5.74, 6) is -0.464. The molecule has 38 heavy (non-hydrogen) atoms. The number of rotatable bonds is 8. The molecule has 0 saturated carbocycles. The van der Waals surface area contributed by atoms with E-state index in [1.807, 2.05) is 0 Å². The molecule has 10 nitrogen and oxygen atoms in total. The third-order valence-corrected chi connectivity index (χ3v) is 8.09. The maximum Gasteiger partial charge on any atom is 0.343 e. The molecule has 5 rings (SSSR count). The number of methoxy groups -OCH3 is 2. The van der Waals surface area contributed by atoms with Crippen molar-refractivity contribution in [2.75, 3.05) is 14.2 Å². The lowest BCUT2D eigenvalue weighted by atomic mass is 10.2. The fourth-order valence-corrected chi connectivity index (χ4v) is 6.14. The van der Waals surface area contributed by atoms with Crippen molar-refractivity contribution < 1.29 is 34.7 Å². The van der Waals surface area contributed by atoms with Crippen molar-refractivity contribution in [2.45, 2.75) is 9.79 Å². The largest absolute Gasteiger partial charge is 0.495 e. The van der Waals surface area contributed by atoms with Gasteiger partial charge in [-0.2, -0.15) is 16.8 Å². The highest BCUT2D eigenvalue weighted by Gasteiger charge is 2.31. The molecule has 0 spiro atoms. The number of hydrogen-bond donors (Lipinski definition) is 0. The third kappa shape index (κ3) is 4.66. The molecule has 0 fully saturated rings. The van der Waals surface area contributed by atoms with E-state index in [0.717, 1.165) is 12.1 Å². The summed E-state index contributed by atoms with van der Waals surface area (Å²) < 4.78 is 75.0. The van der Waals surface area contributed by atoms with Crippen molar-refractivity contribution in [2.24, 2.45) is 0 Å². The lowest BCUT2D eigenvalue weighted by Gasteiger charge is -2.16. The van der Waals surface area contributed by atoms with Crippen LogP contribution in [0.15, 0.2) is 95.0 Å². The first kappa shape index (κ1) is 25.2. The molecule has 3 aromatic carbocycles. The number of hydrogen-bond acceptors (Lipinski definition) is 10. The zero-order chi connectivity index (χ0) is 26.9. The summed E-state index contributed by atoms with van der Waals surface area (Å²) >= 11 is 0. The van der Waals surface area contributed by atoms with E-state index in [2.05, 4.69) is 9.97 Å². The Morgan fingerprint density at radius 3 is 1.39 bits per heavy atom. The number of pyridine rings is 2. The van der Waals surface area contributed by atoms with Crippen molar-refractivity contribution in [1.29, 1.82) is 0 Å². The SMILES string of the molecule is COc1cc(OC)c(S(=O)(=O)Oc2cccc3cccnc23)cc1S(=O)(=O)Oc1cccc2cccnc12. The van der Waals surface area contributed by atoms with Gasteiger partial charge in [0.15, 0.2) is 11.5 Å². The molecule has 0 atom stereocenters. The summed E-state index contributed by atoms with van der Waals surface area (Å²) in [5.41, 5.74) is 0.622. The van der Waals surface area contributed by atoms with Crippen LogP contribution < -0.4 is 17.8 Å². The molecule has 0 amide bonds. The molecule has 12 heteroatoms. The quantitative estimate of drug-likeness (QED) is 0.256. The second-order valence-corrected chi connectivity index (χ2v) is 10.9. The Balaban J connectivity index is 1.61. The molecule has 0 unspecified atom stereocenters. The standard InChI is InChI=1S/C26H20N2O8S2/c1-33-21-15-22(34-2)24(38(31,32)36-20-12-4-8-18-10-6-14-28-26(18)20)16-23(21)37(29,30)35-19-11-3-7-17-9-5-13-27-25(17)19/h3-16H,1-2H3. The number of fused-ring (bicyclic) bond motifs is 2. The normalized spacial score (nSPS) is 11.8. The molecule has 2 heterocycles. The molecule has 0 aliphatic carbocycles. The highest BCUT2D eigenvalue weighted by Crippen LogP contribution is 2.38. The minimum Gasteiger partial charge on any atom is -0.495 e. The van der Waals surface area contributed by atoms with Crippen LogP contribution in [0.1, 0.15) is 0 Å². The van der Waals surface area contributed by atoms with Crippen molar-refractivity contribution in [1.82, 2.24) is 9.97 Å². The van der Waals surface area contributed by atoms with Gasteiger partial charge >= 0.3 is 20.2 Å². The average Bonchev–Trinajstić information content (AvgIpc) is 2.92. The minimum atomic E-state index is -4.62. The van der Waals surface area contributed by atoms with Crippen LogP contribution in [0.4, 0.5) is 0 Å². The molecule has 0 N–H and O–H groups in total. The summed E-state index contributed by atoms with van der Waals surface area (Å²) in [6, 6.07) is 18.5. The Morgan fingerprint density at radius 1 is 0.553 bits per heavy atom. The van der Waals surface area contributed by atoms with E-state index >= 15 is 0 Å². The Kier molecular flexibility index (Phi) is 6.51. The van der Waals surface area contributed by atoms with Gasteiger partial charge in [-0.15, -0.1) is 0 Å². The highest BCUT2D eigenvalue weighted by atomic mass is 32.2. The van der Waals surface area contributed by atoms with Crippen molar-refractivity contribution in [3.63, 3.8) is 0 Å². The number of nitrogens with zero attached hydrogens (tertiary/aromatic N) is 2. The van der Waals surface area contributed by atoms with Gasteiger partial charge in [-0.3, -0.25) is 9.97 Å². The van der Waals surface area contributed by atoms with Crippen LogP contribution in [0, 0.1) is 0 Å². The van der Waals surface area contributed by atoms with Gasteiger partial charge in [-0.1, -0.05) is 36.4 Å². The number of ether oxygens (including phenoxy) is 2. The van der Waals surface area contributed by atoms with Crippen LogP contribution in [0.25, 0.3) is 21.8 Å². The summed E-state index contributed by atoms with van der Waals surface area (Å²) in [4.78, 5) is 7.29. The molecular weight excluding hydrogens is 532 g/mol. The van der Waals surface area contributed by atoms with Crippen LogP contribution in [0.5, 0.6) is 23.0 Å². The Bertz CT molecular complexity index is 1750. The molecule has 5 aromatic rings. The van der Waals surface area contributed by atoms with E-state index in [-0.39, 0.29) is 23.0 Å². The van der Waals surface area contributed by atoms with Crippen LogP contribution in [-0.4, -0.2) is 41.0 Å². The fraction of sp³-hybridized carbons (Fsp3) is 0.0769. The molecule has 2 aromatic heterocycles. The van der Waals surface area contributed by atoms with Crippen LogP contribution >= 0.6 is 0 Å². The first-order valence-corrected chi connectivity index (χ1v) is 13.9. The monoisotopic (exact) mass is 552 g/mol. The molecule has 0 aliphatic rings. The van der Waals surface area contributed by atoms with E-state index < -0.39 is 30.0 Å². The molecule has 194 valence electrons. The Labute approximate surface area is 218 Å². The van der Waals surface area contributed by atoms with E-state index in [1.54, 1.807) is 48.5 Å².